The summed E-state index contributed by atoms with van der Waals surface area (Å²) in [6.45, 7) is 9.25. The molecular formula is C15H24FN. The van der Waals surface area contributed by atoms with Gasteiger partial charge < -0.3 is 0 Å². The Morgan fingerprint density at radius 1 is 1.29 bits per heavy atom. The number of nitrogens with zero attached hydrogens (tertiary/aromatic N) is 1. The average Bonchev–Trinajstić information content (AvgIpc) is 2.35. The van der Waals surface area contributed by atoms with Crippen molar-refractivity contribution in [3.8, 4) is 0 Å². The van der Waals surface area contributed by atoms with Gasteiger partial charge in [0.2, 0.25) is 0 Å². The van der Waals surface area contributed by atoms with Crippen LogP contribution in [0.3, 0.4) is 0 Å². The van der Waals surface area contributed by atoms with Crippen molar-refractivity contribution in [2.45, 2.75) is 40.2 Å². The zero-order valence-corrected chi connectivity index (χ0v) is 11.2. The van der Waals surface area contributed by atoms with Crippen molar-refractivity contribution in [3.05, 3.63) is 35.6 Å². The summed E-state index contributed by atoms with van der Waals surface area (Å²) in [6, 6.07) is 7.08. The fourth-order valence-electron chi connectivity index (χ4n) is 2.30. The predicted molar refractivity (Wildman–Crippen MR) is 71.4 cm³/mol. The van der Waals surface area contributed by atoms with Crippen LogP contribution in [-0.2, 0) is 6.54 Å². The molecule has 1 fully saturated rings. The second-order valence-electron chi connectivity index (χ2n) is 4.57. The van der Waals surface area contributed by atoms with E-state index in [0.717, 1.165) is 31.1 Å². The van der Waals surface area contributed by atoms with Crippen molar-refractivity contribution < 1.29 is 4.39 Å². The third kappa shape index (κ3) is 4.47. The first-order valence-electron chi connectivity index (χ1n) is 6.71. The number of rotatable bonds is 2. The van der Waals surface area contributed by atoms with E-state index in [2.05, 4.69) is 11.8 Å². The summed E-state index contributed by atoms with van der Waals surface area (Å²) in [5.74, 6) is 0.682. The van der Waals surface area contributed by atoms with Crippen molar-refractivity contribution in [3.63, 3.8) is 0 Å². The molecule has 1 heterocycles. The second kappa shape index (κ2) is 7.44. The van der Waals surface area contributed by atoms with Crippen LogP contribution in [0.2, 0.25) is 0 Å². The van der Waals surface area contributed by atoms with E-state index in [-0.39, 0.29) is 5.82 Å². The quantitative estimate of drug-likeness (QED) is 0.749. The van der Waals surface area contributed by atoms with E-state index >= 15 is 0 Å². The molecule has 0 N–H and O–H groups in total. The first-order chi connectivity index (χ1) is 8.25. The number of hydrogen-bond donors (Lipinski definition) is 0. The van der Waals surface area contributed by atoms with Crippen LogP contribution in [0, 0.1) is 11.7 Å². The van der Waals surface area contributed by atoms with Gasteiger partial charge in [-0.25, -0.2) is 4.39 Å². The molecule has 1 nitrogen and oxygen atoms in total. The van der Waals surface area contributed by atoms with Crippen molar-refractivity contribution in [2.75, 3.05) is 13.1 Å². The summed E-state index contributed by atoms with van der Waals surface area (Å²) in [6.07, 6.45) is 2.56. The van der Waals surface area contributed by atoms with Crippen molar-refractivity contribution in [2.24, 2.45) is 5.92 Å². The predicted octanol–water partition coefficient (Wildman–Crippen LogP) is 4.08. The highest BCUT2D eigenvalue weighted by molar-refractivity contribution is 5.17. The van der Waals surface area contributed by atoms with Crippen LogP contribution >= 0.6 is 0 Å². The SMILES string of the molecule is CC.CC1CCCN(Cc2ccccc2F)C1. The van der Waals surface area contributed by atoms with E-state index in [1.54, 1.807) is 12.1 Å². The summed E-state index contributed by atoms with van der Waals surface area (Å²) in [7, 11) is 0. The van der Waals surface area contributed by atoms with Crippen LogP contribution in [0.15, 0.2) is 24.3 Å². The molecule has 0 spiro atoms. The Kier molecular flexibility index (Phi) is 6.20. The fraction of sp³-hybridized carbons (Fsp3) is 0.600. The monoisotopic (exact) mass is 237 g/mol. The Hall–Kier alpha value is -0.890. The van der Waals surface area contributed by atoms with Gasteiger partial charge in [-0.15, -0.1) is 0 Å². The van der Waals surface area contributed by atoms with Gasteiger partial charge in [0.05, 0.1) is 0 Å². The molecule has 0 aromatic heterocycles. The normalized spacial score (nSPS) is 20.6. The lowest BCUT2D eigenvalue weighted by Crippen LogP contribution is -2.33. The first kappa shape index (κ1) is 14.2. The zero-order chi connectivity index (χ0) is 12.7. The Bertz CT molecular complexity index is 324. The van der Waals surface area contributed by atoms with Gasteiger partial charge in [0.1, 0.15) is 5.82 Å². The number of piperidine rings is 1. The number of benzene rings is 1. The third-order valence-electron chi connectivity index (χ3n) is 3.09. The summed E-state index contributed by atoms with van der Waals surface area (Å²) in [4.78, 5) is 2.35. The van der Waals surface area contributed by atoms with Crippen LogP contribution in [0.1, 0.15) is 39.2 Å². The first-order valence-corrected chi connectivity index (χ1v) is 6.71. The molecule has 2 rings (SSSR count). The Labute approximate surface area is 105 Å². The zero-order valence-electron chi connectivity index (χ0n) is 11.2. The van der Waals surface area contributed by atoms with E-state index in [0.29, 0.717) is 0 Å². The molecule has 1 aliphatic rings. The van der Waals surface area contributed by atoms with Crippen LogP contribution in [-0.4, -0.2) is 18.0 Å². The molecular weight excluding hydrogens is 213 g/mol. The maximum atomic E-state index is 13.4. The molecule has 0 aliphatic carbocycles. The van der Waals surface area contributed by atoms with E-state index in [1.165, 1.54) is 12.8 Å². The lowest BCUT2D eigenvalue weighted by molar-refractivity contribution is 0.175. The fourth-order valence-corrected chi connectivity index (χ4v) is 2.30. The Morgan fingerprint density at radius 2 is 2.00 bits per heavy atom. The average molecular weight is 237 g/mol. The molecule has 17 heavy (non-hydrogen) atoms. The van der Waals surface area contributed by atoms with Gasteiger partial charge in [-0.3, -0.25) is 4.90 Å². The van der Waals surface area contributed by atoms with E-state index in [4.69, 9.17) is 0 Å². The Morgan fingerprint density at radius 3 is 2.65 bits per heavy atom. The molecule has 1 saturated heterocycles. The van der Waals surface area contributed by atoms with Gasteiger partial charge in [-0.1, -0.05) is 39.0 Å². The maximum absolute atomic E-state index is 13.4. The minimum Gasteiger partial charge on any atom is -0.299 e. The molecule has 1 aromatic rings. The summed E-state index contributed by atoms with van der Waals surface area (Å²) < 4.78 is 13.4. The summed E-state index contributed by atoms with van der Waals surface area (Å²) in [5.41, 5.74) is 0.826. The van der Waals surface area contributed by atoms with Gasteiger partial charge in [-0.05, 0) is 31.4 Å². The van der Waals surface area contributed by atoms with E-state index in [1.807, 2.05) is 26.0 Å². The van der Waals surface area contributed by atoms with Crippen molar-refractivity contribution >= 4 is 0 Å². The van der Waals surface area contributed by atoms with E-state index in [9.17, 15) is 4.39 Å². The number of hydrogen-bond acceptors (Lipinski definition) is 1. The minimum absolute atomic E-state index is 0.0734. The van der Waals surface area contributed by atoms with Gasteiger partial charge in [0.15, 0.2) is 0 Å². The molecule has 1 unspecified atom stereocenters. The minimum atomic E-state index is -0.0734. The van der Waals surface area contributed by atoms with E-state index < -0.39 is 0 Å². The molecule has 1 atom stereocenters. The van der Waals surface area contributed by atoms with Gasteiger partial charge in [0.25, 0.3) is 0 Å². The van der Waals surface area contributed by atoms with Crippen molar-refractivity contribution in [1.82, 2.24) is 4.90 Å². The van der Waals surface area contributed by atoms with Gasteiger partial charge in [0, 0.05) is 18.7 Å². The standard InChI is InChI=1S/C13H18FN.C2H6/c1-11-5-4-8-15(9-11)10-12-6-2-3-7-13(12)14;1-2/h2-3,6-7,11H,4-5,8-10H2,1H3;1-2H3. The second-order valence-corrected chi connectivity index (χ2v) is 4.57. The van der Waals surface area contributed by atoms with Crippen molar-refractivity contribution in [1.29, 1.82) is 0 Å². The number of likely N-dealkylation sites (tertiary alicyclic amines) is 1. The number of halogens is 1. The van der Waals surface area contributed by atoms with Crippen LogP contribution in [0.4, 0.5) is 4.39 Å². The lowest BCUT2D eigenvalue weighted by atomic mass is 10.00. The molecule has 0 saturated carbocycles. The summed E-state index contributed by atoms with van der Waals surface area (Å²) in [5, 5.41) is 0. The maximum Gasteiger partial charge on any atom is 0.127 e. The highest BCUT2D eigenvalue weighted by Crippen LogP contribution is 2.18. The lowest BCUT2D eigenvalue weighted by Gasteiger charge is -2.30. The van der Waals surface area contributed by atoms with Crippen LogP contribution in [0.25, 0.3) is 0 Å². The molecule has 0 amide bonds. The molecule has 96 valence electrons. The molecule has 2 heteroatoms. The van der Waals surface area contributed by atoms with Crippen LogP contribution in [0.5, 0.6) is 0 Å². The summed E-state index contributed by atoms with van der Waals surface area (Å²) >= 11 is 0. The van der Waals surface area contributed by atoms with Gasteiger partial charge in [-0.2, -0.15) is 0 Å². The highest BCUT2D eigenvalue weighted by atomic mass is 19.1. The third-order valence-corrected chi connectivity index (χ3v) is 3.09. The van der Waals surface area contributed by atoms with Gasteiger partial charge >= 0.3 is 0 Å². The Balaban J connectivity index is 0.000000686. The molecule has 0 radical (unpaired) electrons. The molecule has 0 bridgehead atoms. The molecule has 1 aliphatic heterocycles. The molecule has 1 aromatic carbocycles. The smallest absolute Gasteiger partial charge is 0.127 e. The van der Waals surface area contributed by atoms with Crippen LogP contribution < -0.4 is 0 Å². The largest absolute Gasteiger partial charge is 0.299 e. The topological polar surface area (TPSA) is 3.24 Å². The highest BCUT2D eigenvalue weighted by Gasteiger charge is 2.16.